The summed E-state index contributed by atoms with van der Waals surface area (Å²) in [5, 5.41) is 37.5. The first-order valence-electron chi connectivity index (χ1n) is 13.6. The topological polar surface area (TPSA) is 207 Å². The third-order valence-corrected chi connectivity index (χ3v) is 7.28. The van der Waals surface area contributed by atoms with Crippen molar-refractivity contribution in [3.63, 3.8) is 0 Å². The average Bonchev–Trinajstić information content (AvgIpc) is 3.71. The summed E-state index contributed by atoms with van der Waals surface area (Å²) in [6.07, 6.45) is 0. The summed E-state index contributed by atoms with van der Waals surface area (Å²) >= 11 is 0. The molecule has 226 valence electrons. The van der Waals surface area contributed by atoms with Crippen LogP contribution in [0.1, 0.15) is 41.4 Å². The van der Waals surface area contributed by atoms with Crippen LogP contribution in [0.3, 0.4) is 0 Å². The maximum absolute atomic E-state index is 11.4. The van der Waals surface area contributed by atoms with Gasteiger partial charge in [-0.25, -0.2) is 29.1 Å². The number of hydrogen-bond donors (Lipinski definition) is 6. The highest BCUT2D eigenvalue weighted by Crippen LogP contribution is 2.36. The Bertz CT molecular complexity index is 1820. The number of aromatic amines is 2. The van der Waals surface area contributed by atoms with Gasteiger partial charge in [0.05, 0.1) is 45.0 Å². The number of carbonyl (C=O) groups is 4. The SMILES string of the molecule is O=C(O)c1ccc(-c2nc(-c3nc(-c4ccc(C(=O)O)cc4)c(-c4ccc(C(=O)O)cc4)[nH]3)[nH]c2-c2ccc(C(=O)O)cc2)cc1. The Labute approximate surface area is 259 Å². The molecule has 12 nitrogen and oxygen atoms in total. The van der Waals surface area contributed by atoms with Gasteiger partial charge < -0.3 is 30.4 Å². The summed E-state index contributed by atoms with van der Waals surface area (Å²) < 4.78 is 0. The van der Waals surface area contributed by atoms with E-state index >= 15 is 0 Å². The molecule has 0 aliphatic heterocycles. The fraction of sp³-hybridized carbons (Fsp3) is 0. The maximum atomic E-state index is 11.4. The Hall–Kier alpha value is -6.82. The van der Waals surface area contributed by atoms with E-state index in [4.69, 9.17) is 9.97 Å². The molecule has 6 aromatic rings. The van der Waals surface area contributed by atoms with Crippen molar-refractivity contribution < 1.29 is 39.6 Å². The summed E-state index contributed by atoms with van der Waals surface area (Å²) in [5.41, 5.74) is 4.72. The molecule has 0 spiro atoms. The second-order valence-corrected chi connectivity index (χ2v) is 10.1. The van der Waals surface area contributed by atoms with Crippen molar-refractivity contribution in [2.45, 2.75) is 0 Å². The normalized spacial score (nSPS) is 10.9. The molecule has 46 heavy (non-hydrogen) atoms. The van der Waals surface area contributed by atoms with Gasteiger partial charge in [-0.2, -0.15) is 0 Å². The van der Waals surface area contributed by atoms with Crippen molar-refractivity contribution in [1.29, 1.82) is 0 Å². The zero-order valence-electron chi connectivity index (χ0n) is 23.6. The van der Waals surface area contributed by atoms with Gasteiger partial charge in [0.1, 0.15) is 0 Å². The molecule has 2 aromatic heterocycles. The molecule has 4 aromatic carbocycles. The highest BCUT2D eigenvalue weighted by molar-refractivity contribution is 5.92. The van der Waals surface area contributed by atoms with Crippen LogP contribution in [0.5, 0.6) is 0 Å². The van der Waals surface area contributed by atoms with E-state index in [9.17, 15) is 39.6 Å². The molecule has 0 unspecified atom stereocenters. The molecule has 0 fully saturated rings. The third kappa shape index (κ3) is 5.61. The zero-order valence-corrected chi connectivity index (χ0v) is 23.6. The summed E-state index contributed by atoms with van der Waals surface area (Å²) in [7, 11) is 0. The third-order valence-electron chi connectivity index (χ3n) is 7.28. The molecule has 0 aliphatic carbocycles. The smallest absolute Gasteiger partial charge is 0.335 e. The lowest BCUT2D eigenvalue weighted by atomic mass is 10.0. The van der Waals surface area contributed by atoms with Gasteiger partial charge in [0.2, 0.25) is 0 Å². The van der Waals surface area contributed by atoms with Crippen LogP contribution in [0.25, 0.3) is 56.7 Å². The van der Waals surface area contributed by atoms with Gasteiger partial charge in [0, 0.05) is 22.3 Å². The van der Waals surface area contributed by atoms with E-state index in [0.29, 0.717) is 56.7 Å². The van der Waals surface area contributed by atoms with E-state index in [2.05, 4.69) is 9.97 Å². The van der Waals surface area contributed by atoms with Gasteiger partial charge >= 0.3 is 23.9 Å². The number of imidazole rings is 2. The van der Waals surface area contributed by atoms with E-state index in [-0.39, 0.29) is 22.3 Å². The molecule has 0 aliphatic rings. The van der Waals surface area contributed by atoms with Crippen LogP contribution in [0, 0.1) is 0 Å². The summed E-state index contributed by atoms with van der Waals surface area (Å²) in [4.78, 5) is 61.9. The lowest BCUT2D eigenvalue weighted by Gasteiger charge is -2.04. The second kappa shape index (κ2) is 11.7. The molecular weight excluding hydrogens is 592 g/mol. The molecule has 0 radical (unpaired) electrons. The van der Waals surface area contributed by atoms with E-state index in [1.807, 2.05) is 0 Å². The van der Waals surface area contributed by atoms with Crippen molar-refractivity contribution in [1.82, 2.24) is 19.9 Å². The summed E-state index contributed by atoms with van der Waals surface area (Å²) in [6, 6.07) is 24.6. The largest absolute Gasteiger partial charge is 0.478 e. The number of aromatic carboxylic acids is 4. The Balaban J connectivity index is 1.52. The number of nitrogens with one attached hydrogen (secondary N) is 2. The lowest BCUT2D eigenvalue weighted by Crippen LogP contribution is -1.96. The predicted molar refractivity (Wildman–Crippen MR) is 166 cm³/mol. The molecule has 0 saturated heterocycles. The number of rotatable bonds is 9. The van der Waals surface area contributed by atoms with Gasteiger partial charge in [0.15, 0.2) is 11.6 Å². The van der Waals surface area contributed by atoms with Crippen molar-refractivity contribution in [3.05, 3.63) is 119 Å². The number of carboxylic acid groups (broad SMARTS) is 4. The molecule has 2 heterocycles. The van der Waals surface area contributed by atoms with E-state index in [0.717, 1.165) is 0 Å². The van der Waals surface area contributed by atoms with Crippen LogP contribution >= 0.6 is 0 Å². The first-order chi connectivity index (χ1) is 22.1. The number of benzene rings is 4. The minimum atomic E-state index is -1.08. The summed E-state index contributed by atoms with van der Waals surface area (Å²) in [5.74, 6) is -3.73. The Morgan fingerprint density at radius 2 is 0.630 bits per heavy atom. The molecule has 0 bridgehead atoms. The Morgan fingerprint density at radius 1 is 0.391 bits per heavy atom. The molecule has 0 atom stereocenters. The molecule has 6 N–H and O–H groups in total. The van der Waals surface area contributed by atoms with Crippen LogP contribution in [0.15, 0.2) is 97.1 Å². The number of hydrogen-bond acceptors (Lipinski definition) is 6. The Kier molecular flexibility index (Phi) is 7.44. The second-order valence-electron chi connectivity index (χ2n) is 10.1. The first-order valence-corrected chi connectivity index (χ1v) is 13.6. The van der Waals surface area contributed by atoms with Gasteiger partial charge in [-0.05, 0) is 48.5 Å². The van der Waals surface area contributed by atoms with Gasteiger partial charge in [0.25, 0.3) is 0 Å². The quantitative estimate of drug-likeness (QED) is 0.108. The molecule has 0 saturated carbocycles. The number of nitrogens with zero attached hydrogens (tertiary/aromatic N) is 2. The van der Waals surface area contributed by atoms with E-state index < -0.39 is 23.9 Å². The molecule has 12 heteroatoms. The number of H-pyrrole nitrogens is 2. The average molecular weight is 615 g/mol. The Morgan fingerprint density at radius 3 is 0.870 bits per heavy atom. The van der Waals surface area contributed by atoms with E-state index in [1.165, 1.54) is 48.5 Å². The van der Waals surface area contributed by atoms with Crippen LogP contribution in [0.2, 0.25) is 0 Å². The lowest BCUT2D eigenvalue weighted by molar-refractivity contribution is 0.0686. The number of aromatic nitrogens is 4. The highest BCUT2D eigenvalue weighted by Gasteiger charge is 2.22. The van der Waals surface area contributed by atoms with Crippen LogP contribution in [-0.4, -0.2) is 64.2 Å². The first kappa shape index (κ1) is 29.3. The number of carboxylic acids is 4. The minimum absolute atomic E-state index is 0.0926. The fourth-order valence-electron chi connectivity index (χ4n) is 4.91. The fourth-order valence-corrected chi connectivity index (χ4v) is 4.91. The standard InChI is InChI=1S/C34H22N4O8/c39-31(40)21-9-1-17(2-10-21)25-26(18-3-11-22(12-4-18)32(41)42)36-29(35-25)30-37-27(19-5-13-23(14-6-19)33(43)44)28(38-30)20-7-15-24(16-8-20)34(45)46/h1-16H,(H,35,36)(H,37,38)(H,39,40)(H,41,42)(H,43,44)(H,45,46). The molecule has 6 rings (SSSR count). The van der Waals surface area contributed by atoms with Gasteiger partial charge in [-0.15, -0.1) is 0 Å². The van der Waals surface area contributed by atoms with Gasteiger partial charge in [-0.1, -0.05) is 48.5 Å². The van der Waals surface area contributed by atoms with Crippen molar-refractivity contribution in [3.8, 4) is 56.7 Å². The van der Waals surface area contributed by atoms with Crippen LogP contribution in [0.4, 0.5) is 0 Å². The predicted octanol–water partition coefficient (Wildman–Crippen LogP) is 6.26. The van der Waals surface area contributed by atoms with Gasteiger partial charge in [-0.3, -0.25) is 0 Å². The zero-order chi connectivity index (χ0) is 32.5. The van der Waals surface area contributed by atoms with Crippen molar-refractivity contribution in [2.75, 3.05) is 0 Å². The van der Waals surface area contributed by atoms with Crippen LogP contribution < -0.4 is 0 Å². The van der Waals surface area contributed by atoms with Crippen LogP contribution in [-0.2, 0) is 0 Å². The monoisotopic (exact) mass is 614 g/mol. The highest BCUT2D eigenvalue weighted by atomic mass is 16.4. The maximum Gasteiger partial charge on any atom is 0.335 e. The molecule has 0 amide bonds. The van der Waals surface area contributed by atoms with Crippen molar-refractivity contribution >= 4 is 23.9 Å². The van der Waals surface area contributed by atoms with Crippen molar-refractivity contribution in [2.24, 2.45) is 0 Å². The van der Waals surface area contributed by atoms with E-state index in [1.54, 1.807) is 48.5 Å². The summed E-state index contributed by atoms with van der Waals surface area (Å²) in [6.45, 7) is 0. The molecular formula is C34H22N4O8. The minimum Gasteiger partial charge on any atom is -0.478 e.